The molecule has 1 rings (SSSR count). The molecule has 0 saturated heterocycles. The summed E-state index contributed by atoms with van der Waals surface area (Å²) in [6.45, 7) is 0. The van der Waals surface area contributed by atoms with Gasteiger partial charge in [-0.3, -0.25) is 4.79 Å². The molecule has 0 unspecified atom stereocenters. The van der Waals surface area contributed by atoms with E-state index in [1.165, 1.54) is 0 Å². The molecule has 0 spiro atoms. The van der Waals surface area contributed by atoms with Crippen LogP contribution in [0, 0.1) is 0 Å². The number of benzene rings is 1. The summed E-state index contributed by atoms with van der Waals surface area (Å²) in [5.74, 6) is 0.155. The molecule has 1 aromatic rings. The van der Waals surface area contributed by atoms with Crippen LogP contribution in [-0.2, 0) is 11.2 Å². The van der Waals surface area contributed by atoms with E-state index in [1.54, 1.807) is 7.11 Å². The van der Waals surface area contributed by atoms with Gasteiger partial charge in [0.05, 0.1) is 7.11 Å². The van der Waals surface area contributed by atoms with E-state index in [9.17, 15) is 4.79 Å². The Labute approximate surface area is 89.7 Å². The lowest BCUT2D eigenvalue weighted by molar-refractivity contribution is -0.137. The molecule has 82 valence electrons. The maximum Gasteiger partial charge on any atom is 0.303 e. The van der Waals surface area contributed by atoms with Gasteiger partial charge in [-0.15, -0.1) is 0 Å². The minimum absolute atomic E-state index is 0.245. The molecule has 0 atom stereocenters. The van der Waals surface area contributed by atoms with Crippen molar-refractivity contribution in [1.82, 2.24) is 0 Å². The molecule has 0 bridgehead atoms. The minimum atomic E-state index is -0.727. The van der Waals surface area contributed by atoms with E-state index in [0.717, 1.165) is 24.2 Å². The number of hydrogen-bond donors (Lipinski definition) is 1. The molecule has 0 amide bonds. The standard InChI is InChI=1S/C12H16O3/c1-15-11-8-4-2-6-10(11)7-3-5-9-12(13)14/h2,4,6,8H,3,5,7,9H2,1H3,(H,13,14). The van der Waals surface area contributed by atoms with Gasteiger partial charge < -0.3 is 9.84 Å². The van der Waals surface area contributed by atoms with Crippen LogP contribution in [0.15, 0.2) is 24.3 Å². The topological polar surface area (TPSA) is 46.5 Å². The second kappa shape index (κ2) is 6.06. The average Bonchev–Trinajstić information content (AvgIpc) is 2.24. The van der Waals surface area contributed by atoms with Crippen LogP contribution in [0.25, 0.3) is 0 Å². The van der Waals surface area contributed by atoms with E-state index in [0.29, 0.717) is 6.42 Å². The summed E-state index contributed by atoms with van der Waals surface area (Å²) in [4.78, 5) is 10.3. The van der Waals surface area contributed by atoms with Gasteiger partial charge in [0.15, 0.2) is 0 Å². The number of carboxylic acid groups (broad SMARTS) is 1. The Morgan fingerprint density at radius 1 is 1.33 bits per heavy atom. The number of aryl methyl sites for hydroxylation is 1. The van der Waals surface area contributed by atoms with Gasteiger partial charge >= 0.3 is 5.97 Å². The van der Waals surface area contributed by atoms with Crippen molar-refractivity contribution >= 4 is 5.97 Å². The third-order valence-electron chi connectivity index (χ3n) is 2.28. The van der Waals surface area contributed by atoms with Crippen LogP contribution in [0.4, 0.5) is 0 Å². The van der Waals surface area contributed by atoms with Crippen LogP contribution >= 0.6 is 0 Å². The highest BCUT2D eigenvalue weighted by molar-refractivity contribution is 5.66. The van der Waals surface area contributed by atoms with Crippen LogP contribution in [0.5, 0.6) is 5.75 Å². The third kappa shape index (κ3) is 4.02. The highest BCUT2D eigenvalue weighted by Crippen LogP contribution is 2.19. The molecule has 1 N–H and O–H groups in total. The zero-order chi connectivity index (χ0) is 11.1. The fraction of sp³-hybridized carbons (Fsp3) is 0.417. The summed E-state index contributed by atoms with van der Waals surface area (Å²) in [6, 6.07) is 7.83. The van der Waals surface area contributed by atoms with E-state index in [-0.39, 0.29) is 6.42 Å². The molecule has 3 heteroatoms. The molecule has 15 heavy (non-hydrogen) atoms. The lowest BCUT2D eigenvalue weighted by atomic mass is 10.1. The first-order valence-corrected chi connectivity index (χ1v) is 5.07. The zero-order valence-corrected chi connectivity index (χ0v) is 8.90. The smallest absolute Gasteiger partial charge is 0.303 e. The number of carbonyl (C=O) groups is 1. The number of carboxylic acids is 1. The van der Waals surface area contributed by atoms with Crippen LogP contribution < -0.4 is 4.74 Å². The Hall–Kier alpha value is -1.51. The van der Waals surface area contributed by atoms with Crippen LogP contribution in [-0.4, -0.2) is 18.2 Å². The third-order valence-corrected chi connectivity index (χ3v) is 2.28. The first-order chi connectivity index (χ1) is 7.24. The van der Waals surface area contributed by atoms with Crippen LogP contribution in [0.2, 0.25) is 0 Å². The summed E-state index contributed by atoms with van der Waals surface area (Å²) in [5, 5.41) is 8.49. The van der Waals surface area contributed by atoms with Gasteiger partial charge in [0.1, 0.15) is 5.75 Å². The number of aliphatic carboxylic acids is 1. The molecule has 0 aliphatic carbocycles. The quantitative estimate of drug-likeness (QED) is 0.730. The summed E-state index contributed by atoms with van der Waals surface area (Å²) < 4.78 is 5.21. The molecule has 0 saturated carbocycles. The number of hydrogen-bond acceptors (Lipinski definition) is 2. The predicted molar refractivity (Wildman–Crippen MR) is 58.2 cm³/mol. The molecule has 3 nitrogen and oxygen atoms in total. The number of ether oxygens (including phenoxy) is 1. The average molecular weight is 208 g/mol. The molecule has 1 aromatic carbocycles. The van der Waals surface area contributed by atoms with Crippen molar-refractivity contribution in [1.29, 1.82) is 0 Å². The van der Waals surface area contributed by atoms with Crippen LogP contribution in [0.1, 0.15) is 24.8 Å². The van der Waals surface area contributed by atoms with E-state index >= 15 is 0 Å². The fourth-order valence-corrected chi connectivity index (χ4v) is 1.50. The van der Waals surface area contributed by atoms with Gasteiger partial charge in [0, 0.05) is 6.42 Å². The molecule has 0 aliphatic rings. The largest absolute Gasteiger partial charge is 0.496 e. The lowest BCUT2D eigenvalue weighted by Crippen LogP contribution is -1.96. The summed E-state index contributed by atoms with van der Waals surface area (Å²) >= 11 is 0. The Morgan fingerprint density at radius 3 is 2.73 bits per heavy atom. The normalized spacial score (nSPS) is 9.93. The number of para-hydroxylation sites is 1. The predicted octanol–water partition coefficient (Wildman–Crippen LogP) is 2.49. The van der Waals surface area contributed by atoms with Crippen molar-refractivity contribution in [2.45, 2.75) is 25.7 Å². The van der Waals surface area contributed by atoms with Gasteiger partial charge in [0.25, 0.3) is 0 Å². The fourth-order valence-electron chi connectivity index (χ4n) is 1.50. The van der Waals surface area contributed by atoms with Gasteiger partial charge in [0.2, 0.25) is 0 Å². The number of methoxy groups -OCH3 is 1. The first-order valence-electron chi connectivity index (χ1n) is 5.07. The maximum atomic E-state index is 10.3. The Morgan fingerprint density at radius 2 is 2.07 bits per heavy atom. The minimum Gasteiger partial charge on any atom is -0.496 e. The number of rotatable bonds is 6. The zero-order valence-electron chi connectivity index (χ0n) is 8.90. The SMILES string of the molecule is COc1ccccc1CCCCC(=O)O. The van der Waals surface area contributed by atoms with Crippen molar-refractivity contribution in [3.05, 3.63) is 29.8 Å². The van der Waals surface area contributed by atoms with Gasteiger partial charge in [-0.1, -0.05) is 18.2 Å². The second-order valence-electron chi connectivity index (χ2n) is 3.41. The van der Waals surface area contributed by atoms with Gasteiger partial charge in [-0.25, -0.2) is 0 Å². The summed E-state index contributed by atoms with van der Waals surface area (Å²) in [5.41, 5.74) is 1.14. The number of unbranched alkanes of at least 4 members (excludes halogenated alkanes) is 1. The molecule has 0 radical (unpaired) electrons. The first kappa shape index (κ1) is 11.6. The molecule has 0 fully saturated rings. The maximum absolute atomic E-state index is 10.3. The highest BCUT2D eigenvalue weighted by Gasteiger charge is 2.02. The van der Waals surface area contributed by atoms with E-state index in [4.69, 9.17) is 9.84 Å². The Bertz CT molecular complexity index is 320. The van der Waals surface area contributed by atoms with E-state index < -0.39 is 5.97 Å². The van der Waals surface area contributed by atoms with E-state index in [2.05, 4.69) is 0 Å². The van der Waals surface area contributed by atoms with Crippen molar-refractivity contribution < 1.29 is 14.6 Å². The van der Waals surface area contributed by atoms with Crippen molar-refractivity contribution in [2.24, 2.45) is 0 Å². The van der Waals surface area contributed by atoms with Gasteiger partial charge in [-0.05, 0) is 30.9 Å². The molecule has 0 aromatic heterocycles. The Balaban J connectivity index is 2.39. The van der Waals surface area contributed by atoms with Crippen molar-refractivity contribution in [3.8, 4) is 5.75 Å². The second-order valence-corrected chi connectivity index (χ2v) is 3.41. The monoisotopic (exact) mass is 208 g/mol. The molecular formula is C12H16O3. The highest BCUT2D eigenvalue weighted by atomic mass is 16.5. The molecule has 0 aliphatic heterocycles. The Kier molecular flexibility index (Phi) is 4.68. The van der Waals surface area contributed by atoms with Crippen LogP contribution in [0.3, 0.4) is 0 Å². The van der Waals surface area contributed by atoms with Crippen molar-refractivity contribution in [3.63, 3.8) is 0 Å². The summed E-state index contributed by atoms with van der Waals surface area (Å²) in [7, 11) is 1.65. The summed E-state index contributed by atoms with van der Waals surface area (Å²) in [6.07, 6.45) is 2.71. The molecule has 0 heterocycles. The van der Waals surface area contributed by atoms with Crippen molar-refractivity contribution in [2.75, 3.05) is 7.11 Å². The molecular weight excluding hydrogens is 192 g/mol. The van der Waals surface area contributed by atoms with Gasteiger partial charge in [-0.2, -0.15) is 0 Å². The van der Waals surface area contributed by atoms with E-state index in [1.807, 2.05) is 24.3 Å². The lowest BCUT2D eigenvalue weighted by Gasteiger charge is -2.07.